The Morgan fingerprint density at radius 2 is 1.41 bits per heavy atom. The zero-order valence-electron chi connectivity index (χ0n) is 14.9. The molecule has 2 aromatic carbocycles. The van der Waals surface area contributed by atoms with Gasteiger partial charge in [-0.15, -0.1) is 13.2 Å². The minimum Gasteiger partial charge on any atom is -0.496 e. The Hall–Kier alpha value is -3.16. The van der Waals surface area contributed by atoms with Gasteiger partial charge in [0.05, 0.1) is 32.7 Å². The SMILES string of the molecule is COc1cc(OC)c(-c2cc(-c3ccccc3)n(C(F)(F)F)n2)cc1OC. The number of halogens is 3. The molecule has 0 spiro atoms. The quantitative estimate of drug-likeness (QED) is 0.645. The fraction of sp³-hybridized carbons (Fsp3) is 0.211. The average Bonchev–Trinajstić information content (AvgIpc) is 3.13. The minimum atomic E-state index is -4.67. The second-order valence-electron chi connectivity index (χ2n) is 5.57. The summed E-state index contributed by atoms with van der Waals surface area (Å²) in [6.45, 7) is 0. The highest BCUT2D eigenvalue weighted by atomic mass is 19.4. The molecule has 0 radical (unpaired) electrons. The van der Waals surface area contributed by atoms with Crippen LogP contribution in [0.25, 0.3) is 22.5 Å². The molecule has 27 heavy (non-hydrogen) atoms. The summed E-state index contributed by atoms with van der Waals surface area (Å²) in [7, 11) is 4.32. The van der Waals surface area contributed by atoms with E-state index in [-0.39, 0.29) is 16.1 Å². The lowest BCUT2D eigenvalue weighted by Gasteiger charge is -2.13. The van der Waals surface area contributed by atoms with E-state index in [0.29, 0.717) is 28.4 Å². The van der Waals surface area contributed by atoms with E-state index in [1.165, 1.54) is 33.5 Å². The van der Waals surface area contributed by atoms with Crippen molar-refractivity contribution in [2.75, 3.05) is 21.3 Å². The molecule has 3 rings (SSSR count). The molecular weight excluding hydrogens is 361 g/mol. The fourth-order valence-electron chi connectivity index (χ4n) is 2.75. The number of nitrogens with zero attached hydrogens (tertiary/aromatic N) is 2. The van der Waals surface area contributed by atoms with Crippen LogP contribution in [0.4, 0.5) is 13.2 Å². The lowest BCUT2D eigenvalue weighted by molar-refractivity contribution is -0.210. The van der Waals surface area contributed by atoms with Gasteiger partial charge in [-0.05, 0) is 12.1 Å². The topological polar surface area (TPSA) is 45.5 Å². The third kappa shape index (κ3) is 3.55. The number of rotatable bonds is 5. The summed E-state index contributed by atoms with van der Waals surface area (Å²) in [5.41, 5.74) is 0.780. The average molecular weight is 378 g/mol. The molecule has 0 fully saturated rings. The molecule has 5 nitrogen and oxygen atoms in total. The molecule has 0 unspecified atom stereocenters. The van der Waals surface area contributed by atoms with Gasteiger partial charge in [0, 0.05) is 17.2 Å². The Balaban J connectivity index is 2.23. The summed E-state index contributed by atoms with van der Waals surface area (Å²) in [6, 6.07) is 12.7. The standard InChI is InChI=1S/C19H17F3N2O3/c1-25-16-11-18(27-3)17(26-2)9-13(16)14-10-15(12-7-5-4-6-8-12)24(23-14)19(20,21)22/h4-11H,1-3H3. The second-order valence-corrected chi connectivity index (χ2v) is 5.57. The number of hydrogen-bond donors (Lipinski definition) is 0. The molecular formula is C19H17F3N2O3. The molecule has 0 bridgehead atoms. The van der Waals surface area contributed by atoms with Crippen molar-refractivity contribution in [3.63, 3.8) is 0 Å². The summed E-state index contributed by atoms with van der Waals surface area (Å²) in [4.78, 5) is 0. The Morgan fingerprint density at radius 1 is 0.815 bits per heavy atom. The molecule has 142 valence electrons. The van der Waals surface area contributed by atoms with Crippen LogP contribution in [-0.2, 0) is 6.30 Å². The van der Waals surface area contributed by atoms with Crippen molar-refractivity contribution >= 4 is 0 Å². The van der Waals surface area contributed by atoms with Gasteiger partial charge in [-0.3, -0.25) is 0 Å². The van der Waals surface area contributed by atoms with Crippen LogP contribution >= 0.6 is 0 Å². The molecule has 0 atom stereocenters. The first kappa shape index (κ1) is 18.6. The van der Waals surface area contributed by atoms with Gasteiger partial charge in [-0.2, -0.15) is 9.78 Å². The number of aromatic nitrogens is 2. The Labute approximate surface area is 153 Å². The van der Waals surface area contributed by atoms with E-state index in [9.17, 15) is 13.2 Å². The van der Waals surface area contributed by atoms with Crippen molar-refractivity contribution in [1.82, 2.24) is 9.78 Å². The van der Waals surface area contributed by atoms with Crippen LogP contribution in [0.15, 0.2) is 48.5 Å². The van der Waals surface area contributed by atoms with E-state index in [0.717, 1.165) is 0 Å². The summed E-state index contributed by atoms with van der Waals surface area (Å²) < 4.78 is 56.4. The van der Waals surface area contributed by atoms with Crippen LogP contribution in [0.2, 0.25) is 0 Å². The number of alkyl halides is 3. The van der Waals surface area contributed by atoms with Crippen LogP contribution in [0.1, 0.15) is 0 Å². The van der Waals surface area contributed by atoms with E-state index >= 15 is 0 Å². The van der Waals surface area contributed by atoms with Crippen LogP contribution in [0.3, 0.4) is 0 Å². The van der Waals surface area contributed by atoms with E-state index in [1.807, 2.05) is 0 Å². The van der Waals surface area contributed by atoms with Crippen LogP contribution in [-0.4, -0.2) is 31.1 Å². The van der Waals surface area contributed by atoms with Crippen molar-refractivity contribution in [3.8, 4) is 39.8 Å². The maximum absolute atomic E-state index is 13.5. The lowest BCUT2D eigenvalue weighted by atomic mass is 10.1. The molecule has 3 aromatic rings. The third-order valence-electron chi connectivity index (χ3n) is 4.00. The van der Waals surface area contributed by atoms with Crippen molar-refractivity contribution < 1.29 is 27.4 Å². The molecule has 0 N–H and O–H groups in total. The third-order valence-corrected chi connectivity index (χ3v) is 4.00. The summed E-state index contributed by atoms with van der Waals surface area (Å²) in [5, 5.41) is 3.78. The van der Waals surface area contributed by atoms with Gasteiger partial charge < -0.3 is 14.2 Å². The van der Waals surface area contributed by atoms with Gasteiger partial charge in [0.15, 0.2) is 11.5 Å². The van der Waals surface area contributed by atoms with E-state index in [4.69, 9.17) is 14.2 Å². The number of methoxy groups -OCH3 is 3. The van der Waals surface area contributed by atoms with E-state index in [2.05, 4.69) is 5.10 Å². The first-order valence-electron chi connectivity index (χ1n) is 7.92. The van der Waals surface area contributed by atoms with Crippen molar-refractivity contribution in [2.45, 2.75) is 6.30 Å². The summed E-state index contributed by atoms with van der Waals surface area (Å²) in [5.74, 6) is 1.08. The van der Waals surface area contributed by atoms with Gasteiger partial charge in [0.2, 0.25) is 0 Å². The number of benzene rings is 2. The monoisotopic (exact) mass is 378 g/mol. The summed E-state index contributed by atoms with van der Waals surface area (Å²) in [6.07, 6.45) is -4.67. The molecule has 1 aromatic heterocycles. The molecule has 1 heterocycles. The van der Waals surface area contributed by atoms with Crippen molar-refractivity contribution in [1.29, 1.82) is 0 Å². The predicted molar refractivity (Wildman–Crippen MR) is 94.1 cm³/mol. The largest absolute Gasteiger partial charge is 0.505 e. The van der Waals surface area contributed by atoms with Crippen LogP contribution in [0, 0.1) is 0 Å². The first-order chi connectivity index (χ1) is 12.9. The van der Waals surface area contributed by atoms with Crippen molar-refractivity contribution in [2.24, 2.45) is 0 Å². The molecule has 0 aliphatic carbocycles. The molecule has 0 saturated carbocycles. The van der Waals surface area contributed by atoms with Crippen LogP contribution < -0.4 is 14.2 Å². The smallest absolute Gasteiger partial charge is 0.496 e. The van der Waals surface area contributed by atoms with Gasteiger partial charge in [0.1, 0.15) is 5.75 Å². The zero-order valence-corrected chi connectivity index (χ0v) is 14.9. The lowest BCUT2D eigenvalue weighted by Crippen LogP contribution is -2.19. The zero-order chi connectivity index (χ0) is 19.6. The second kappa shape index (κ2) is 7.22. The molecule has 0 saturated heterocycles. The van der Waals surface area contributed by atoms with Gasteiger partial charge >= 0.3 is 6.30 Å². The van der Waals surface area contributed by atoms with Gasteiger partial charge in [0.25, 0.3) is 0 Å². The molecule has 0 aliphatic heterocycles. The highest BCUT2D eigenvalue weighted by Gasteiger charge is 2.35. The highest BCUT2D eigenvalue weighted by molar-refractivity contribution is 5.75. The maximum Gasteiger partial charge on any atom is 0.505 e. The summed E-state index contributed by atoms with van der Waals surface area (Å²) >= 11 is 0. The van der Waals surface area contributed by atoms with E-state index < -0.39 is 6.30 Å². The molecule has 0 amide bonds. The Bertz CT molecular complexity index is 937. The van der Waals surface area contributed by atoms with Gasteiger partial charge in [-0.1, -0.05) is 30.3 Å². The Morgan fingerprint density at radius 3 is 1.96 bits per heavy atom. The predicted octanol–water partition coefficient (Wildman–Crippen LogP) is 4.72. The highest BCUT2D eigenvalue weighted by Crippen LogP contribution is 2.41. The number of ether oxygens (including phenoxy) is 3. The van der Waals surface area contributed by atoms with Gasteiger partial charge in [-0.25, -0.2) is 0 Å². The molecule has 8 heteroatoms. The Kier molecular flexibility index (Phi) is 4.98. The normalized spacial score (nSPS) is 11.3. The number of hydrogen-bond acceptors (Lipinski definition) is 4. The first-order valence-corrected chi connectivity index (χ1v) is 7.92. The van der Waals surface area contributed by atoms with Crippen molar-refractivity contribution in [3.05, 3.63) is 48.5 Å². The van der Waals surface area contributed by atoms with Crippen LogP contribution in [0.5, 0.6) is 17.2 Å². The van der Waals surface area contributed by atoms with E-state index in [1.54, 1.807) is 36.4 Å². The molecule has 0 aliphatic rings. The fourth-order valence-corrected chi connectivity index (χ4v) is 2.75. The minimum absolute atomic E-state index is 0.0494. The maximum atomic E-state index is 13.5.